The van der Waals surface area contributed by atoms with E-state index in [9.17, 15) is 0 Å². The van der Waals surface area contributed by atoms with E-state index in [-0.39, 0.29) is 5.41 Å². The number of amidine groups is 1. The number of ether oxygens (including phenoxy) is 1. The van der Waals surface area contributed by atoms with Crippen molar-refractivity contribution in [2.24, 2.45) is 10.7 Å². The SMILES string of the molecule is C=C1N=C(N)c2c(Oc3ccc(C(C)(C)C)cc3)cccc21. The number of rotatable bonds is 2. The summed E-state index contributed by atoms with van der Waals surface area (Å²) in [5.41, 5.74) is 9.82. The molecule has 2 aromatic carbocycles. The van der Waals surface area contributed by atoms with Crippen LogP contribution in [-0.4, -0.2) is 5.84 Å². The molecule has 22 heavy (non-hydrogen) atoms. The minimum atomic E-state index is 0.126. The third-order valence-electron chi connectivity index (χ3n) is 3.80. The number of nitrogens with zero attached hydrogens (tertiary/aromatic N) is 1. The Morgan fingerprint density at radius 2 is 1.73 bits per heavy atom. The van der Waals surface area contributed by atoms with Gasteiger partial charge < -0.3 is 10.5 Å². The highest BCUT2D eigenvalue weighted by atomic mass is 16.5. The van der Waals surface area contributed by atoms with Crippen molar-refractivity contribution in [1.82, 2.24) is 0 Å². The molecule has 0 aliphatic carbocycles. The molecule has 0 atom stereocenters. The number of aliphatic imine (C=N–C) groups is 1. The maximum Gasteiger partial charge on any atom is 0.139 e. The average Bonchev–Trinajstić information content (AvgIpc) is 2.75. The average molecular weight is 292 g/mol. The number of nitrogens with two attached hydrogens (primary N) is 1. The number of benzene rings is 2. The molecule has 0 saturated heterocycles. The van der Waals surface area contributed by atoms with E-state index in [0.717, 1.165) is 16.9 Å². The van der Waals surface area contributed by atoms with E-state index in [1.165, 1.54) is 5.56 Å². The molecule has 0 unspecified atom stereocenters. The van der Waals surface area contributed by atoms with Gasteiger partial charge in [-0.25, -0.2) is 4.99 Å². The van der Waals surface area contributed by atoms with E-state index in [1.807, 2.05) is 30.3 Å². The first-order chi connectivity index (χ1) is 10.4. The summed E-state index contributed by atoms with van der Waals surface area (Å²) in [5, 5.41) is 0. The maximum absolute atomic E-state index is 6.01. The Labute approximate surface area is 131 Å². The van der Waals surface area contributed by atoms with Crippen LogP contribution in [0.3, 0.4) is 0 Å². The lowest BCUT2D eigenvalue weighted by Crippen LogP contribution is -2.12. The Morgan fingerprint density at radius 1 is 1.05 bits per heavy atom. The zero-order chi connectivity index (χ0) is 15.9. The van der Waals surface area contributed by atoms with Gasteiger partial charge in [0, 0.05) is 5.56 Å². The van der Waals surface area contributed by atoms with Gasteiger partial charge in [-0.3, -0.25) is 0 Å². The number of hydrogen-bond acceptors (Lipinski definition) is 3. The van der Waals surface area contributed by atoms with Gasteiger partial charge >= 0.3 is 0 Å². The minimum absolute atomic E-state index is 0.126. The van der Waals surface area contributed by atoms with Crippen LogP contribution in [0, 0.1) is 0 Å². The second kappa shape index (κ2) is 5.02. The fourth-order valence-electron chi connectivity index (χ4n) is 2.53. The first kappa shape index (κ1) is 14.4. The fourth-order valence-corrected chi connectivity index (χ4v) is 2.53. The third-order valence-corrected chi connectivity index (χ3v) is 3.80. The summed E-state index contributed by atoms with van der Waals surface area (Å²) in [7, 11) is 0. The summed E-state index contributed by atoms with van der Waals surface area (Å²) < 4.78 is 6.01. The zero-order valence-electron chi connectivity index (χ0n) is 13.2. The van der Waals surface area contributed by atoms with Crippen LogP contribution in [0.1, 0.15) is 37.5 Å². The van der Waals surface area contributed by atoms with Crippen LogP contribution in [0.5, 0.6) is 11.5 Å². The minimum Gasteiger partial charge on any atom is -0.457 e. The lowest BCUT2D eigenvalue weighted by Gasteiger charge is -2.19. The molecule has 2 N–H and O–H groups in total. The summed E-state index contributed by atoms with van der Waals surface area (Å²) in [6.45, 7) is 10.5. The molecule has 3 heteroatoms. The van der Waals surface area contributed by atoms with Crippen LogP contribution in [-0.2, 0) is 5.41 Å². The third kappa shape index (κ3) is 2.50. The molecule has 0 spiro atoms. The molecule has 3 rings (SSSR count). The van der Waals surface area contributed by atoms with Gasteiger partial charge in [0.05, 0.1) is 11.3 Å². The molecule has 1 heterocycles. The van der Waals surface area contributed by atoms with Crippen molar-refractivity contribution >= 4 is 11.5 Å². The van der Waals surface area contributed by atoms with Crippen LogP contribution < -0.4 is 10.5 Å². The molecule has 1 aliphatic heterocycles. The molecular formula is C19H20N2O. The Morgan fingerprint density at radius 3 is 2.36 bits per heavy atom. The van der Waals surface area contributed by atoms with Gasteiger partial charge in [-0.2, -0.15) is 0 Å². The van der Waals surface area contributed by atoms with E-state index in [4.69, 9.17) is 10.5 Å². The lowest BCUT2D eigenvalue weighted by atomic mass is 9.87. The first-order valence-electron chi connectivity index (χ1n) is 7.31. The van der Waals surface area contributed by atoms with E-state index >= 15 is 0 Å². The molecule has 1 aliphatic rings. The van der Waals surface area contributed by atoms with E-state index in [1.54, 1.807) is 0 Å². The van der Waals surface area contributed by atoms with Gasteiger partial charge in [0.2, 0.25) is 0 Å². The zero-order valence-corrected chi connectivity index (χ0v) is 13.2. The van der Waals surface area contributed by atoms with E-state index in [0.29, 0.717) is 17.3 Å². The van der Waals surface area contributed by atoms with Gasteiger partial charge in [-0.1, -0.05) is 51.6 Å². The second-order valence-corrected chi connectivity index (χ2v) is 6.50. The number of fused-ring (bicyclic) bond motifs is 1. The van der Waals surface area contributed by atoms with Crippen LogP contribution in [0.2, 0.25) is 0 Å². The standard InChI is InChI=1S/C19H20N2O/c1-12-15-6-5-7-16(17(15)18(20)21-12)22-14-10-8-13(9-11-14)19(2,3)4/h5-11H,1H2,2-4H3,(H2,20,21). The van der Waals surface area contributed by atoms with Gasteiger partial charge in [0.15, 0.2) is 0 Å². The summed E-state index contributed by atoms with van der Waals surface area (Å²) in [4.78, 5) is 4.23. The summed E-state index contributed by atoms with van der Waals surface area (Å²) in [5.74, 6) is 1.95. The van der Waals surface area contributed by atoms with Gasteiger partial charge in [0.25, 0.3) is 0 Å². The Kier molecular flexibility index (Phi) is 3.28. The molecule has 112 valence electrons. The highest BCUT2D eigenvalue weighted by molar-refractivity contribution is 6.10. The normalized spacial score (nSPS) is 13.8. The van der Waals surface area contributed by atoms with Gasteiger partial charge in [-0.15, -0.1) is 0 Å². The Balaban J connectivity index is 1.92. The molecule has 0 radical (unpaired) electrons. The summed E-state index contributed by atoms with van der Waals surface area (Å²) >= 11 is 0. The smallest absolute Gasteiger partial charge is 0.139 e. The Hall–Kier alpha value is -2.55. The van der Waals surface area contributed by atoms with Crippen molar-refractivity contribution in [3.63, 3.8) is 0 Å². The van der Waals surface area contributed by atoms with Crippen LogP contribution in [0.25, 0.3) is 5.70 Å². The van der Waals surface area contributed by atoms with E-state index < -0.39 is 0 Å². The Bertz CT molecular complexity index is 765. The molecular weight excluding hydrogens is 272 g/mol. The van der Waals surface area contributed by atoms with Crippen LogP contribution >= 0.6 is 0 Å². The quantitative estimate of drug-likeness (QED) is 0.888. The van der Waals surface area contributed by atoms with Gasteiger partial charge in [0.1, 0.15) is 17.3 Å². The monoisotopic (exact) mass is 292 g/mol. The predicted molar refractivity (Wildman–Crippen MR) is 91.4 cm³/mol. The summed E-state index contributed by atoms with van der Waals surface area (Å²) in [6.07, 6.45) is 0. The van der Waals surface area contributed by atoms with Crippen LogP contribution in [0.15, 0.2) is 54.0 Å². The molecule has 0 amide bonds. The van der Waals surface area contributed by atoms with Crippen molar-refractivity contribution in [3.8, 4) is 11.5 Å². The topological polar surface area (TPSA) is 47.6 Å². The second-order valence-electron chi connectivity index (χ2n) is 6.50. The predicted octanol–water partition coefficient (Wildman–Crippen LogP) is 4.47. The molecule has 0 saturated carbocycles. The van der Waals surface area contributed by atoms with Crippen LogP contribution in [0.4, 0.5) is 0 Å². The van der Waals surface area contributed by atoms with Crippen molar-refractivity contribution in [2.75, 3.05) is 0 Å². The number of hydrogen-bond donors (Lipinski definition) is 1. The van der Waals surface area contributed by atoms with Crippen molar-refractivity contribution in [1.29, 1.82) is 0 Å². The van der Waals surface area contributed by atoms with Gasteiger partial charge in [-0.05, 0) is 29.2 Å². The summed E-state index contributed by atoms with van der Waals surface area (Å²) in [6, 6.07) is 13.9. The molecule has 0 bridgehead atoms. The van der Waals surface area contributed by atoms with E-state index in [2.05, 4.69) is 44.5 Å². The fraction of sp³-hybridized carbons (Fsp3) is 0.211. The maximum atomic E-state index is 6.01. The molecule has 0 fully saturated rings. The largest absolute Gasteiger partial charge is 0.457 e. The van der Waals surface area contributed by atoms with Crippen molar-refractivity contribution < 1.29 is 4.74 Å². The lowest BCUT2D eigenvalue weighted by molar-refractivity contribution is 0.480. The first-order valence-corrected chi connectivity index (χ1v) is 7.31. The molecule has 2 aromatic rings. The molecule has 3 nitrogen and oxygen atoms in total. The van der Waals surface area contributed by atoms with Crippen molar-refractivity contribution in [2.45, 2.75) is 26.2 Å². The van der Waals surface area contributed by atoms with Crippen molar-refractivity contribution in [3.05, 3.63) is 65.7 Å². The highest BCUT2D eigenvalue weighted by Crippen LogP contribution is 2.35. The molecule has 0 aromatic heterocycles. The highest BCUT2D eigenvalue weighted by Gasteiger charge is 2.21.